The highest BCUT2D eigenvalue weighted by Gasteiger charge is 1.90. The van der Waals surface area contributed by atoms with E-state index in [1.807, 2.05) is 0 Å². The molecule has 0 bridgehead atoms. The van der Waals surface area contributed by atoms with Crippen LogP contribution >= 0.6 is 24.0 Å². The quantitative estimate of drug-likeness (QED) is 0.639. The fraction of sp³-hybridized carbons (Fsp3) is 0.833. The zero-order valence-electron chi connectivity index (χ0n) is 5.94. The zero-order chi connectivity index (χ0) is 7.11. The lowest BCUT2D eigenvalue weighted by molar-refractivity contribution is 0.994. The molecule has 0 amide bonds. The Kier molecular flexibility index (Phi) is 6.53. The standard InChI is InChI=1S/C6H13NS2/c1-3-5-9-6(8)7-4-2/h3-5H2,1-2H3,(H,7,8). The molecule has 0 aromatic rings. The minimum Gasteiger partial charge on any atom is -0.371 e. The molecule has 0 aromatic heterocycles. The van der Waals surface area contributed by atoms with E-state index in [9.17, 15) is 0 Å². The Morgan fingerprint density at radius 1 is 1.56 bits per heavy atom. The van der Waals surface area contributed by atoms with Crippen molar-refractivity contribution in [1.29, 1.82) is 0 Å². The van der Waals surface area contributed by atoms with E-state index in [0.29, 0.717) is 0 Å². The van der Waals surface area contributed by atoms with Gasteiger partial charge in [-0.15, -0.1) is 0 Å². The van der Waals surface area contributed by atoms with Crippen molar-refractivity contribution in [3.05, 3.63) is 0 Å². The largest absolute Gasteiger partial charge is 0.371 e. The van der Waals surface area contributed by atoms with Crippen LogP contribution in [0.25, 0.3) is 0 Å². The predicted molar refractivity (Wildman–Crippen MR) is 49.0 cm³/mol. The molecule has 0 aliphatic rings. The van der Waals surface area contributed by atoms with Crippen LogP contribution < -0.4 is 5.32 Å². The third-order valence-corrected chi connectivity index (χ3v) is 2.28. The molecule has 0 fully saturated rings. The van der Waals surface area contributed by atoms with Crippen LogP contribution in [0.4, 0.5) is 0 Å². The topological polar surface area (TPSA) is 12.0 Å². The molecule has 0 spiro atoms. The van der Waals surface area contributed by atoms with Crippen molar-refractivity contribution in [3.63, 3.8) is 0 Å². The van der Waals surface area contributed by atoms with Crippen molar-refractivity contribution < 1.29 is 0 Å². The number of rotatable bonds is 3. The van der Waals surface area contributed by atoms with Crippen LogP contribution in [-0.2, 0) is 0 Å². The summed E-state index contributed by atoms with van der Waals surface area (Å²) in [4.78, 5) is 0. The first-order valence-electron chi connectivity index (χ1n) is 3.21. The molecule has 9 heavy (non-hydrogen) atoms. The second-order valence-electron chi connectivity index (χ2n) is 1.67. The third kappa shape index (κ3) is 6.12. The number of thioether (sulfide) groups is 1. The van der Waals surface area contributed by atoms with Gasteiger partial charge in [0.2, 0.25) is 0 Å². The van der Waals surface area contributed by atoms with Crippen molar-refractivity contribution in [2.45, 2.75) is 20.3 Å². The molecular weight excluding hydrogens is 150 g/mol. The summed E-state index contributed by atoms with van der Waals surface area (Å²) in [5.41, 5.74) is 0. The van der Waals surface area contributed by atoms with Crippen LogP contribution in [0.2, 0.25) is 0 Å². The summed E-state index contributed by atoms with van der Waals surface area (Å²) in [5.74, 6) is 1.13. The molecule has 0 rings (SSSR count). The van der Waals surface area contributed by atoms with Gasteiger partial charge in [-0.2, -0.15) is 0 Å². The molecule has 0 aliphatic carbocycles. The second kappa shape index (κ2) is 6.36. The van der Waals surface area contributed by atoms with Gasteiger partial charge in [-0.1, -0.05) is 30.9 Å². The van der Waals surface area contributed by atoms with Crippen LogP contribution in [0.1, 0.15) is 20.3 Å². The maximum atomic E-state index is 4.97. The predicted octanol–water partition coefficient (Wildman–Crippen LogP) is 2.02. The SMILES string of the molecule is CCCSC(=S)NCC. The van der Waals surface area contributed by atoms with Gasteiger partial charge < -0.3 is 5.32 Å². The van der Waals surface area contributed by atoms with Crippen LogP contribution in [0.3, 0.4) is 0 Å². The fourth-order valence-electron chi connectivity index (χ4n) is 0.390. The van der Waals surface area contributed by atoms with Crippen molar-refractivity contribution in [1.82, 2.24) is 5.32 Å². The number of hydrogen-bond donors (Lipinski definition) is 1. The third-order valence-electron chi connectivity index (χ3n) is 0.758. The molecule has 0 aromatic carbocycles. The monoisotopic (exact) mass is 163 g/mol. The van der Waals surface area contributed by atoms with Gasteiger partial charge in [0.15, 0.2) is 0 Å². The molecule has 0 atom stereocenters. The van der Waals surface area contributed by atoms with E-state index < -0.39 is 0 Å². The highest BCUT2D eigenvalue weighted by atomic mass is 32.2. The number of nitrogens with one attached hydrogen (secondary N) is 1. The van der Waals surface area contributed by atoms with Crippen LogP contribution in [0.15, 0.2) is 0 Å². The summed E-state index contributed by atoms with van der Waals surface area (Å²) in [5, 5.41) is 3.07. The summed E-state index contributed by atoms with van der Waals surface area (Å²) in [6, 6.07) is 0. The Morgan fingerprint density at radius 2 is 2.22 bits per heavy atom. The number of thiocarbonyl (C=S) groups is 1. The molecule has 0 unspecified atom stereocenters. The molecule has 0 heterocycles. The molecule has 1 nitrogen and oxygen atoms in total. The average molecular weight is 163 g/mol. The van der Waals surface area contributed by atoms with Crippen molar-refractivity contribution in [3.8, 4) is 0 Å². The first-order chi connectivity index (χ1) is 4.31. The molecule has 0 radical (unpaired) electrons. The van der Waals surface area contributed by atoms with Gasteiger partial charge in [0.1, 0.15) is 4.32 Å². The van der Waals surface area contributed by atoms with Gasteiger partial charge in [0.25, 0.3) is 0 Å². The normalized spacial score (nSPS) is 9.11. The van der Waals surface area contributed by atoms with Gasteiger partial charge in [0, 0.05) is 6.54 Å². The second-order valence-corrected chi connectivity index (χ2v) is 3.44. The highest BCUT2D eigenvalue weighted by Crippen LogP contribution is 2.02. The summed E-state index contributed by atoms with van der Waals surface area (Å²) in [6.07, 6.45) is 1.19. The van der Waals surface area contributed by atoms with Gasteiger partial charge in [-0.25, -0.2) is 0 Å². The molecule has 0 saturated heterocycles. The van der Waals surface area contributed by atoms with Gasteiger partial charge >= 0.3 is 0 Å². The van der Waals surface area contributed by atoms with Gasteiger partial charge in [-0.3, -0.25) is 0 Å². The van der Waals surface area contributed by atoms with Crippen LogP contribution in [-0.4, -0.2) is 16.6 Å². The first-order valence-corrected chi connectivity index (χ1v) is 4.61. The van der Waals surface area contributed by atoms with Crippen molar-refractivity contribution >= 4 is 28.3 Å². The molecule has 0 aliphatic heterocycles. The van der Waals surface area contributed by atoms with E-state index in [-0.39, 0.29) is 0 Å². The Bertz CT molecular complexity index is 83.1. The average Bonchev–Trinajstić information content (AvgIpc) is 1.85. The van der Waals surface area contributed by atoms with E-state index >= 15 is 0 Å². The summed E-state index contributed by atoms with van der Waals surface area (Å²) in [7, 11) is 0. The van der Waals surface area contributed by atoms with E-state index in [2.05, 4.69) is 19.2 Å². The van der Waals surface area contributed by atoms with E-state index in [0.717, 1.165) is 16.6 Å². The molecule has 54 valence electrons. The lowest BCUT2D eigenvalue weighted by Gasteiger charge is -2.01. The minimum absolute atomic E-state index is 0.930. The summed E-state index contributed by atoms with van der Waals surface area (Å²) in [6.45, 7) is 5.15. The maximum Gasteiger partial charge on any atom is 0.133 e. The summed E-state index contributed by atoms with van der Waals surface area (Å²) < 4.78 is 0.930. The van der Waals surface area contributed by atoms with Gasteiger partial charge in [0.05, 0.1) is 0 Å². The van der Waals surface area contributed by atoms with Crippen LogP contribution in [0, 0.1) is 0 Å². The lowest BCUT2D eigenvalue weighted by atomic mass is 10.6. The lowest BCUT2D eigenvalue weighted by Crippen LogP contribution is -2.17. The van der Waals surface area contributed by atoms with E-state index in [1.54, 1.807) is 11.8 Å². The smallest absolute Gasteiger partial charge is 0.133 e. The molecule has 0 saturated carbocycles. The Hall–Kier alpha value is 0.240. The maximum absolute atomic E-state index is 4.97. The van der Waals surface area contributed by atoms with E-state index in [1.165, 1.54) is 6.42 Å². The Balaban J connectivity index is 3.06. The molecule has 3 heteroatoms. The summed E-state index contributed by atoms with van der Waals surface area (Å²) >= 11 is 6.69. The Morgan fingerprint density at radius 3 is 2.67 bits per heavy atom. The van der Waals surface area contributed by atoms with Crippen molar-refractivity contribution in [2.24, 2.45) is 0 Å². The van der Waals surface area contributed by atoms with Crippen molar-refractivity contribution in [2.75, 3.05) is 12.3 Å². The highest BCUT2D eigenvalue weighted by molar-refractivity contribution is 8.22. The zero-order valence-corrected chi connectivity index (χ0v) is 7.57. The number of hydrogen-bond acceptors (Lipinski definition) is 2. The Labute approximate surface area is 66.6 Å². The first kappa shape index (κ1) is 9.24. The molecular formula is C6H13NS2. The molecule has 1 N–H and O–H groups in total. The van der Waals surface area contributed by atoms with Gasteiger partial charge in [-0.05, 0) is 19.1 Å². The van der Waals surface area contributed by atoms with E-state index in [4.69, 9.17) is 12.2 Å². The van der Waals surface area contributed by atoms with Crippen LogP contribution in [0.5, 0.6) is 0 Å². The minimum atomic E-state index is 0.930. The fourth-order valence-corrected chi connectivity index (χ4v) is 1.42.